The molecule has 84 valence electrons. The lowest BCUT2D eigenvalue weighted by Crippen LogP contribution is -2.22. The minimum atomic E-state index is 0.773. The van der Waals surface area contributed by atoms with E-state index in [1.165, 1.54) is 26.1 Å². The maximum absolute atomic E-state index is 4.24. The van der Waals surface area contributed by atoms with Crippen molar-refractivity contribution in [3.8, 4) is 0 Å². The third kappa shape index (κ3) is 2.72. The predicted molar refractivity (Wildman–Crippen MR) is 62.0 cm³/mol. The van der Waals surface area contributed by atoms with Crippen LogP contribution in [0.15, 0.2) is 6.20 Å². The van der Waals surface area contributed by atoms with Gasteiger partial charge in [0.15, 0.2) is 5.95 Å². The van der Waals surface area contributed by atoms with Crippen molar-refractivity contribution in [2.24, 2.45) is 5.92 Å². The second-order valence-electron chi connectivity index (χ2n) is 4.34. The normalized spacial score (nSPS) is 22.1. The van der Waals surface area contributed by atoms with E-state index in [1.54, 1.807) is 0 Å². The zero-order chi connectivity index (χ0) is 10.7. The molecule has 1 saturated heterocycles. The van der Waals surface area contributed by atoms with Crippen molar-refractivity contribution >= 4 is 5.95 Å². The van der Waals surface area contributed by atoms with Gasteiger partial charge in [0.25, 0.3) is 0 Å². The molecule has 0 amide bonds. The van der Waals surface area contributed by atoms with Crippen molar-refractivity contribution in [2.45, 2.75) is 20.3 Å². The number of nitrogens with one attached hydrogen (secondary N) is 2. The molecule has 1 aliphatic rings. The Kier molecular flexibility index (Phi) is 3.26. The number of anilines is 1. The van der Waals surface area contributed by atoms with Gasteiger partial charge in [0.2, 0.25) is 0 Å². The summed E-state index contributed by atoms with van der Waals surface area (Å²) >= 11 is 0. The SMILES string of the molecule is CCN1CCC(CNc2ncc(C)[nH]2)C1. The van der Waals surface area contributed by atoms with Crippen LogP contribution >= 0.6 is 0 Å². The van der Waals surface area contributed by atoms with Crippen LogP contribution in [0.4, 0.5) is 5.95 Å². The highest BCUT2D eigenvalue weighted by molar-refractivity contribution is 5.25. The number of rotatable bonds is 4. The maximum atomic E-state index is 4.24. The summed E-state index contributed by atoms with van der Waals surface area (Å²) in [5.41, 5.74) is 1.11. The topological polar surface area (TPSA) is 44.0 Å². The Morgan fingerprint density at radius 2 is 2.53 bits per heavy atom. The highest BCUT2D eigenvalue weighted by atomic mass is 15.2. The molecule has 15 heavy (non-hydrogen) atoms. The van der Waals surface area contributed by atoms with E-state index in [2.05, 4.69) is 27.1 Å². The smallest absolute Gasteiger partial charge is 0.200 e. The van der Waals surface area contributed by atoms with Crippen molar-refractivity contribution in [1.82, 2.24) is 14.9 Å². The Morgan fingerprint density at radius 1 is 1.67 bits per heavy atom. The number of nitrogens with zero attached hydrogens (tertiary/aromatic N) is 2. The first-order valence-electron chi connectivity index (χ1n) is 5.75. The second kappa shape index (κ2) is 4.66. The van der Waals surface area contributed by atoms with Crippen molar-refractivity contribution in [3.05, 3.63) is 11.9 Å². The van der Waals surface area contributed by atoms with E-state index < -0.39 is 0 Å². The largest absolute Gasteiger partial charge is 0.355 e. The molecule has 1 fully saturated rings. The molecule has 4 heteroatoms. The number of hydrogen-bond donors (Lipinski definition) is 2. The molecule has 2 N–H and O–H groups in total. The van der Waals surface area contributed by atoms with Crippen molar-refractivity contribution in [2.75, 3.05) is 31.5 Å². The number of aromatic nitrogens is 2. The molecule has 4 nitrogen and oxygen atoms in total. The maximum Gasteiger partial charge on any atom is 0.200 e. The molecule has 1 unspecified atom stereocenters. The average Bonchev–Trinajstić information content (AvgIpc) is 2.83. The minimum Gasteiger partial charge on any atom is -0.355 e. The van der Waals surface area contributed by atoms with E-state index in [9.17, 15) is 0 Å². The third-order valence-electron chi connectivity index (χ3n) is 3.08. The fourth-order valence-corrected chi connectivity index (χ4v) is 2.11. The summed E-state index contributed by atoms with van der Waals surface area (Å²) in [6.07, 6.45) is 3.16. The first kappa shape index (κ1) is 10.5. The molecular weight excluding hydrogens is 188 g/mol. The lowest BCUT2D eigenvalue weighted by atomic mass is 10.1. The van der Waals surface area contributed by atoms with Crippen LogP contribution in [-0.2, 0) is 0 Å². The Bertz CT molecular complexity index is 307. The van der Waals surface area contributed by atoms with Gasteiger partial charge in [-0.1, -0.05) is 6.92 Å². The summed E-state index contributed by atoms with van der Waals surface area (Å²) in [7, 11) is 0. The van der Waals surface area contributed by atoms with Gasteiger partial charge in [0, 0.05) is 25.0 Å². The summed E-state index contributed by atoms with van der Waals surface area (Å²) in [4.78, 5) is 9.92. The van der Waals surface area contributed by atoms with Gasteiger partial charge in [0.05, 0.1) is 0 Å². The first-order valence-corrected chi connectivity index (χ1v) is 5.75. The number of aromatic amines is 1. The van der Waals surface area contributed by atoms with Crippen LogP contribution in [0.3, 0.4) is 0 Å². The summed E-state index contributed by atoms with van der Waals surface area (Å²) < 4.78 is 0. The van der Waals surface area contributed by atoms with Crippen LogP contribution in [0.1, 0.15) is 19.0 Å². The van der Waals surface area contributed by atoms with Crippen LogP contribution < -0.4 is 5.32 Å². The molecule has 1 atom stereocenters. The van der Waals surface area contributed by atoms with Crippen LogP contribution in [0.25, 0.3) is 0 Å². The Labute approximate surface area is 91.1 Å². The molecule has 1 aromatic rings. The molecule has 2 heterocycles. The molecule has 0 aliphatic carbocycles. The summed E-state index contributed by atoms with van der Waals surface area (Å²) in [6, 6.07) is 0. The van der Waals surface area contributed by atoms with Gasteiger partial charge < -0.3 is 15.2 Å². The Hall–Kier alpha value is -1.03. The summed E-state index contributed by atoms with van der Waals surface area (Å²) in [5, 5.41) is 3.36. The van der Waals surface area contributed by atoms with Gasteiger partial charge in [-0.2, -0.15) is 0 Å². The van der Waals surface area contributed by atoms with Crippen molar-refractivity contribution in [3.63, 3.8) is 0 Å². The first-order chi connectivity index (χ1) is 7.28. The van der Waals surface area contributed by atoms with E-state index >= 15 is 0 Å². The van der Waals surface area contributed by atoms with Gasteiger partial charge in [0.1, 0.15) is 0 Å². The lowest BCUT2D eigenvalue weighted by molar-refractivity contribution is 0.345. The van der Waals surface area contributed by atoms with Gasteiger partial charge in [-0.05, 0) is 32.4 Å². The number of hydrogen-bond acceptors (Lipinski definition) is 3. The molecule has 2 rings (SSSR count). The fourth-order valence-electron chi connectivity index (χ4n) is 2.11. The van der Waals surface area contributed by atoms with Crippen molar-refractivity contribution < 1.29 is 0 Å². The molecule has 0 aromatic carbocycles. The molecular formula is C11H20N4. The van der Waals surface area contributed by atoms with Crippen molar-refractivity contribution in [1.29, 1.82) is 0 Å². The summed E-state index contributed by atoms with van der Waals surface area (Å²) in [5.74, 6) is 1.68. The molecule has 0 radical (unpaired) electrons. The molecule has 0 saturated carbocycles. The number of aryl methyl sites for hydroxylation is 1. The monoisotopic (exact) mass is 208 g/mol. The number of H-pyrrole nitrogens is 1. The highest BCUT2D eigenvalue weighted by Gasteiger charge is 2.20. The third-order valence-corrected chi connectivity index (χ3v) is 3.08. The Balaban J connectivity index is 1.75. The molecule has 1 aromatic heterocycles. The van der Waals surface area contributed by atoms with Gasteiger partial charge >= 0.3 is 0 Å². The van der Waals surface area contributed by atoms with E-state index in [0.29, 0.717) is 0 Å². The van der Waals surface area contributed by atoms with Gasteiger partial charge in [-0.15, -0.1) is 0 Å². The zero-order valence-electron chi connectivity index (χ0n) is 9.58. The van der Waals surface area contributed by atoms with Crippen LogP contribution in [-0.4, -0.2) is 41.0 Å². The van der Waals surface area contributed by atoms with E-state index in [-0.39, 0.29) is 0 Å². The Morgan fingerprint density at radius 3 is 3.13 bits per heavy atom. The summed E-state index contributed by atoms with van der Waals surface area (Å²) in [6.45, 7) is 8.93. The predicted octanol–water partition coefficient (Wildman–Crippen LogP) is 1.47. The van der Waals surface area contributed by atoms with Crippen LogP contribution in [0.2, 0.25) is 0 Å². The average molecular weight is 208 g/mol. The number of imidazole rings is 1. The molecule has 0 bridgehead atoms. The molecule has 1 aliphatic heterocycles. The lowest BCUT2D eigenvalue weighted by Gasteiger charge is -2.13. The quantitative estimate of drug-likeness (QED) is 0.787. The van der Waals surface area contributed by atoms with Gasteiger partial charge in [-0.3, -0.25) is 0 Å². The van der Waals surface area contributed by atoms with E-state index in [4.69, 9.17) is 0 Å². The van der Waals surface area contributed by atoms with E-state index in [0.717, 1.165) is 24.1 Å². The minimum absolute atomic E-state index is 0.773. The zero-order valence-corrected chi connectivity index (χ0v) is 9.58. The van der Waals surface area contributed by atoms with Crippen LogP contribution in [0, 0.1) is 12.8 Å². The van der Waals surface area contributed by atoms with Gasteiger partial charge in [-0.25, -0.2) is 4.98 Å². The molecule has 0 spiro atoms. The van der Waals surface area contributed by atoms with E-state index in [1.807, 2.05) is 13.1 Å². The number of likely N-dealkylation sites (tertiary alicyclic amines) is 1. The second-order valence-corrected chi connectivity index (χ2v) is 4.34. The van der Waals surface area contributed by atoms with Crippen LogP contribution in [0.5, 0.6) is 0 Å². The standard InChI is InChI=1S/C11H20N4/c1-3-15-5-4-10(8-15)7-13-11-12-6-9(2)14-11/h6,10H,3-5,7-8H2,1-2H3,(H2,12,13,14). The fraction of sp³-hybridized carbons (Fsp3) is 0.727. The highest BCUT2D eigenvalue weighted by Crippen LogP contribution is 2.15.